The maximum atomic E-state index is 13.3. The van der Waals surface area contributed by atoms with Crippen molar-refractivity contribution < 1.29 is 4.79 Å². The van der Waals surface area contributed by atoms with E-state index < -0.39 is 6.04 Å². The van der Waals surface area contributed by atoms with Gasteiger partial charge in [-0.3, -0.25) is 9.48 Å². The minimum absolute atomic E-state index is 0.171. The van der Waals surface area contributed by atoms with Gasteiger partial charge in [-0.05, 0) is 54.3 Å². The minimum atomic E-state index is -0.528. The first kappa shape index (κ1) is 22.9. The third-order valence-corrected chi connectivity index (χ3v) is 5.66. The number of nitrogens with zero attached hydrogens (tertiary/aromatic N) is 4. The van der Waals surface area contributed by atoms with E-state index in [9.17, 15) is 4.79 Å². The summed E-state index contributed by atoms with van der Waals surface area (Å²) < 4.78 is 1.74. The summed E-state index contributed by atoms with van der Waals surface area (Å²) in [6.45, 7) is 2.60. The number of rotatable bonds is 8. The highest BCUT2D eigenvalue weighted by Crippen LogP contribution is 2.22. The third-order valence-electron chi connectivity index (χ3n) is 5.66. The second kappa shape index (κ2) is 10.6. The number of nitriles is 1. The highest BCUT2D eigenvalue weighted by atomic mass is 16.2. The molecule has 4 rings (SSSR count). The fourth-order valence-corrected chi connectivity index (χ4v) is 3.77. The third kappa shape index (κ3) is 5.55. The van der Waals surface area contributed by atoms with Crippen molar-refractivity contribution >= 4 is 11.7 Å². The first-order chi connectivity index (χ1) is 16.5. The van der Waals surface area contributed by atoms with Gasteiger partial charge in [0.1, 0.15) is 11.9 Å². The van der Waals surface area contributed by atoms with E-state index in [1.807, 2.05) is 74.8 Å². The number of hydrogen-bond acceptors (Lipinski definition) is 5. The Balaban J connectivity index is 1.46. The van der Waals surface area contributed by atoms with Gasteiger partial charge in [0, 0.05) is 37.1 Å². The van der Waals surface area contributed by atoms with Crippen LogP contribution < -0.4 is 10.6 Å². The molecule has 0 aliphatic carbocycles. The Bertz CT molecular complexity index is 1300. The number of aryl methyl sites for hydroxylation is 2. The lowest BCUT2D eigenvalue weighted by Crippen LogP contribution is -2.35. The van der Waals surface area contributed by atoms with Crippen LogP contribution in [-0.4, -0.2) is 27.2 Å². The summed E-state index contributed by atoms with van der Waals surface area (Å²) >= 11 is 0. The number of nitrogens with one attached hydrogen (secondary N) is 2. The fraction of sp³-hybridized carbons (Fsp3) is 0.185. The molecule has 4 aromatic rings. The predicted molar refractivity (Wildman–Crippen MR) is 132 cm³/mol. The Morgan fingerprint density at radius 3 is 2.50 bits per heavy atom. The first-order valence-corrected chi connectivity index (χ1v) is 11.1. The number of amides is 1. The van der Waals surface area contributed by atoms with Crippen molar-refractivity contribution in [2.24, 2.45) is 7.05 Å². The van der Waals surface area contributed by atoms with Gasteiger partial charge >= 0.3 is 0 Å². The zero-order chi connectivity index (χ0) is 23.9. The van der Waals surface area contributed by atoms with E-state index in [-0.39, 0.29) is 5.91 Å². The van der Waals surface area contributed by atoms with Crippen LogP contribution in [0.1, 0.15) is 28.3 Å². The number of benzene rings is 2. The van der Waals surface area contributed by atoms with E-state index in [1.165, 1.54) is 0 Å². The summed E-state index contributed by atoms with van der Waals surface area (Å²) in [5.41, 5.74) is 5.59. The lowest BCUT2D eigenvalue weighted by atomic mass is 10.00. The van der Waals surface area contributed by atoms with Gasteiger partial charge in [-0.25, -0.2) is 4.98 Å². The molecule has 2 aromatic carbocycles. The van der Waals surface area contributed by atoms with E-state index in [0.29, 0.717) is 17.9 Å². The molecule has 1 amide bonds. The van der Waals surface area contributed by atoms with Crippen molar-refractivity contribution in [2.45, 2.75) is 19.4 Å². The van der Waals surface area contributed by atoms with E-state index in [4.69, 9.17) is 5.26 Å². The van der Waals surface area contributed by atoms with Crippen LogP contribution in [0.2, 0.25) is 0 Å². The van der Waals surface area contributed by atoms with Crippen LogP contribution in [0.25, 0.3) is 11.1 Å². The number of pyridine rings is 1. The SMILES string of the molecule is Cc1ccccc1C(NCCc1ccc(C#N)cc1)C(=O)Nc1ccc(-c2cnn(C)c2)cn1. The van der Waals surface area contributed by atoms with Gasteiger partial charge in [-0.2, -0.15) is 10.4 Å². The Hall–Kier alpha value is -4.28. The van der Waals surface area contributed by atoms with Crippen LogP contribution in [-0.2, 0) is 18.3 Å². The second-order valence-electron chi connectivity index (χ2n) is 8.13. The van der Waals surface area contributed by atoms with Crippen LogP contribution in [0.5, 0.6) is 0 Å². The molecule has 7 nitrogen and oxygen atoms in total. The van der Waals surface area contributed by atoms with Crippen molar-refractivity contribution in [1.29, 1.82) is 5.26 Å². The van der Waals surface area contributed by atoms with E-state index in [2.05, 4.69) is 26.8 Å². The van der Waals surface area contributed by atoms with Gasteiger partial charge in [0.25, 0.3) is 0 Å². The van der Waals surface area contributed by atoms with Gasteiger partial charge in [-0.15, -0.1) is 0 Å². The van der Waals surface area contributed by atoms with Crippen molar-refractivity contribution in [3.8, 4) is 17.2 Å². The molecule has 0 radical (unpaired) electrons. The monoisotopic (exact) mass is 450 g/mol. The molecule has 7 heteroatoms. The molecular weight excluding hydrogens is 424 g/mol. The van der Waals surface area contributed by atoms with Crippen molar-refractivity contribution in [2.75, 3.05) is 11.9 Å². The summed E-state index contributed by atoms with van der Waals surface area (Å²) in [5, 5.41) is 19.5. The average molecular weight is 451 g/mol. The first-order valence-electron chi connectivity index (χ1n) is 11.1. The molecule has 0 saturated carbocycles. The topological polar surface area (TPSA) is 95.6 Å². The molecule has 0 saturated heterocycles. The minimum Gasteiger partial charge on any atom is -0.309 e. The second-order valence-corrected chi connectivity index (χ2v) is 8.13. The smallest absolute Gasteiger partial charge is 0.247 e. The normalized spacial score (nSPS) is 11.6. The summed E-state index contributed by atoms with van der Waals surface area (Å²) in [5.74, 6) is 0.320. The molecule has 1 unspecified atom stereocenters. The van der Waals surface area contributed by atoms with Gasteiger partial charge in [-0.1, -0.05) is 36.4 Å². The number of aromatic nitrogens is 3. The predicted octanol–water partition coefficient (Wildman–Crippen LogP) is 4.17. The number of hydrogen-bond donors (Lipinski definition) is 2. The van der Waals surface area contributed by atoms with Crippen molar-refractivity contribution in [1.82, 2.24) is 20.1 Å². The molecule has 0 aliphatic heterocycles. The lowest BCUT2D eigenvalue weighted by Gasteiger charge is -2.20. The zero-order valence-corrected chi connectivity index (χ0v) is 19.2. The van der Waals surface area contributed by atoms with Gasteiger partial charge in [0.15, 0.2) is 0 Å². The average Bonchev–Trinajstić information content (AvgIpc) is 3.29. The van der Waals surface area contributed by atoms with E-state index in [1.54, 1.807) is 23.1 Å². The molecule has 2 N–H and O–H groups in total. The molecule has 2 heterocycles. The fourth-order valence-electron chi connectivity index (χ4n) is 3.77. The number of carbonyl (C=O) groups excluding carboxylic acids is 1. The molecule has 0 aliphatic rings. The molecule has 0 fully saturated rings. The van der Waals surface area contributed by atoms with Gasteiger partial charge < -0.3 is 10.6 Å². The largest absolute Gasteiger partial charge is 0.309 e. The highest BCUT2D eigenvalue weighted by molar-refractivity contribution is 5.95. The number of carbonyl (C=O) groups is 1. The van der Waals surface area contributed by atoms with Crippen LogP contribution in [0.15, 0.2) is 79.3 Å². The van der Waals surface area contributed by atoms with Crippen LogP contribution >= 0.6 is 0 Å². The molecule has 0 spiro atoms. The Morgan fingerprint density at radius 2 is 1.85 bits per heavy atom. The quantitative estimate of drug-likeness (QED) is 0.420. The van der Waals surface area contributed by atoms with E-state index in [0.717, 1.165) is 34.2 Å². The van der Waals surface area contributed by atoms with E-state index >= 15 is 0 Å². The standard InChI is InChI=1S/C27H26N6O/c1-19-5-3-4-6-24(19)26(29-14-13-20-7-9-21(15-28)10-8-20)27(34)32-25-12-11-22(16-30-25)23-17-31-33(2)18-23/h3-12,16-18,26,29H,13-14H2,1-2H3,(H,30,32,34). The molecule has 170 valence electrons. The molecule has 34 heavy (non-hydrogen) atoms. The maximum Gasteiger partial charge on any atom is 0.247 e. The van der Waals surface area contributed by atoms with Crippen LogP contribution in [0, 0.1) is 18.3 Å². The maximum absolute atomic E-state index is 13.3. The Labute approximate surface area is 199 Å². The van der Waals surface area contributed by atoms with Crippen molar-refractivity contribution in [3.63, 3.8) is 0 Å². The van der Waals surface area contributed by atoms with Crippen LogP contribution in [0.3, 0.4) is 0 Å². The summed E-state index contributed by atoms with van der Waals surface area (Å²) in [6, 6.07) is 20.7. The van der Waals surface area contributed by atoms with Crippen molar-refractivity contribution in [3.05, 3.63) is 102 Å². The summed E-state index contributed by atoms with van der Waals surface area (Å²) in [7, 11) is 1.87. The molecule has 1 atom stereocenters. The highest BCUT2D eigenvalue weighted by Gasteiger charge is 2.22. The van der Waals surface area contributed by atoms with Crippen LogP contribution in [0.4, 0.5) is 5.82 Å². The molecule has 2 aromatic heterocycles. The Kier molecular flexibility index (Phi) is 7.11. The zero-order valence-electron chi connectivity index (χ0n) is 19.2. The molecular formula is C27H26N6O. The summed E-state index contributed by atoms with van der Waals surface area (Å²) in [6.07, 6.45) is 6.16. The lowest BCUT2D eigenvalue weighted by molar-refractivity contribution is -0.118. The number of anilines is 1. The summed E-state index contributed by atoms with van der Waals surface area (Å²) in [4.78, 5) is 17.7. The van der Waals surface area contributed by atoms with Gasteiger partial charge in [0.05, 0.1) is 17.8 Å². The Morgan fingerprint density at radius 1 is 1.06 bits per heavy atom. The molecule has 0 bridgehead atoms. The van der Waals surface area contributed by atoms with Gasteiger partial charge in [0.2, 0.25) is 5.91 Å².